The maximum atomic E-state index is 11.2. The summed E-state index contributed by atoms with van der Waals surface area (Å²) in [5.41, 5.74) is 3.98. The van der Waals surface area contributed by atoms with E-state index in [0.29, 0.717) is 0 Å². The minimum absolute atomic E-state index is 0.0938. The average molecular weight is 378 g/mol. The zero-order valence-electron chi connectivity index (χ0n) is 16.0. The van der Waals surface area contributed by atoms with Crippen LogP contribution in [0, 0.1) is 17.0 Å². The predicted molar refractivity (Wildman–Crippen MR) is 111 cm³/mol. The topological polar surface area (TPSA) is 71.7 Å². The number of fused-ring (bicyclic) bond motifs is 1. The number of ether oxygens (including phenoxy) is 1. The van der Waals surface area contributed by atoms with Gasteiger partial charge in [-0.15, -0.1) is 0 Å². The molecule has 1 saturated heterocycles. The van der Waals surface area contributed by atoms with E-state index in [1.54, 1.807) is 19.2 Å². The van der Waals surface area contributed by atoms with Crippen LogP contribution in [0.15, 0.2) is 48.5 Å². The van der Waals surface area contributed by atoms with Crippen LogP contribution in [0.5, 0.6) is 5.75 Å². The third kappa shape index (κ3) is 3.43. The number of hydrogen-bond donors (Lipinski definition) is 0. The molecular weight excluding hydrogens is 356 g/mol. The highest BCUT2D eigenvalue weighted by atomic mass is 16.6. The Kier molecular flexibility index (Phi) is 4.73. The Bertz CT molecular complexity index is 1010. The van der Waals surface area contributed by atoms with Gasteiger partial charge in [0.25, 0.3) is 5.69 Å². The Balaban J connectivity index is 1.59. The number of rotatable bonds is 4. The number of nitrogens with zero attached hydrogens (tertiary/aromatic N) is 4. The van der Waals surface area contributed by atoms with Gasteiger partial charge in [-0.05, 0) is 43.3 Å². The van der Waals surface area contributed by atoms with E-state index in [-0.39, 0.29) is 10.6 Å². The lowest BCUT2D eigenvalue weighted by Gasteiger charge is -2.38. The molecule has 7 heteroatoms. The lowest BCUT2D eigenvalue weighted by molar-refractivity contribution is -0.384. The number of benzene rings is 2. The molecule has 3 aromatic rings. The van der Waals surface area contributed by atoms with Crippen molar-refractivity contribution in [3.05, 3.63) is 64.3 Å². The number of aryl methyl sites for hydroxylation is 1. The summed E-state index contributed by atoms with van der Waals surface area (Å²) in [5, 5.41) is 12.0. The Morgan fingerprint density at radius 1 is 1.00 bits per heavy atom. The van der Waals surface area contributed by atoms with E-state index in [0.717, 1.165) is 54.2 Å². The second-order valence-corrected chi connectivity index (χ2v) is 6.91. The van der Waals surface area contributed by atoms with Crippen molar-refractivity contribution in [3.8, 4) is 5.75 Å². The van der Waals surface area contributed by atoms with Crippen molar-refractivity contribution in [3.63, 3.8) is 0 Å². The van der Waals surface area contributed by atoms with Gasteiger partial charge in [0, 0.05) is 60.8 Å². The molecule has 1 aliphatic heterocycles. The highest BCUT2D eigenvalue weighted by molar-refractivity contribution is 5.93. The molecule has 0 aliphatic carbocycles. The van der Waals surface area contributed by atoms with Gasteiger partial charge in [-0.25, -0.2) is 0 Å². The molecule has 7 nitrogen and oxygen atoms in total. The maximum absolute atomic E-state index is 11.2. The SMILES string of the molecule is COc1ccc(N2CCN(c3cc(C)nc4ccc([N+](=O)[O-])cc34)CC2)cc1. The van der Waals surface area contributed by atoms with Crippen molar-refractivity contribution in [1.82, 2.24) is 4.98 Å². The summed E-state index contributed by atoms with van der Waals surface area (Å²) < 4.78 is 5.23. The van der Waals surface area contributed by atoms with Crippen molar-refractivity contribution in [1.29, 1.82) is 0 Å². The second-order valence-electron chi connectivity index (χ2n) is 6.91. The van der Waals surface area contributed by atoms with Gasteiger partial charge >= 0.3 is 0 Å². The molecule has 4 rings (SSSR count). The van der Waals surface area contributed by atoms with Gasteiger partial charge in [0.1, 0.15) is 5.75 Å². The van der Waals surface area contributed by atoms with Crippen LogP contribution >= 0.6 is 0 Å². The third-order valence-electron chi connectivity index (χ3n) is 5.17. The first kappa shape index (κ1) is 18.0. The minimum atomic E-state index is -0.356. The Morgan fingerprint density at radius 2 is 1.68 bits per heavy atom. The van der Waals surface area contributed by atoms with E-state index < -0.39 is 0 Å². The van der Waals surface area contributed by atoms with E-state index in [4.69, 9.17) is 4.74 Å². The van der Waals surface area contributed by atoms with Crippen molar-refractivity contribution in [2.75, 3.05) is 43.1 Å². The third-order valence-corrected chi connectivity index (χ3v) is 5.17. The molecular formula is C21H22N4O3. The zero-order valence-corrected chi connectivity index (χ0v) is 16.0. The fourth-order valence-corrected chi connectivity index (χ4v) is 3.70. The highest BCUT2D eigenvalue weighted by Gasteiger charge is 2.21. The first-order chi connectivity index (χ1) is 13.5. The molecule has 0 unspecified atom stereocenters. The molecule has 28 heavy (non-hydrogen) atoms. The fraction of sp³-hybridized carbons (Fsp3) is 0.286. The van der Waals surface area contributed by atoms with Crippen molar-refractivity contribution >= 4 is 28.0 Å². The van der Waals surface area contributed by atoms with Crippen LogP contribution in [0.2, 0.25) is 0 Å². The van der Waals surface area contributed by atoms with Crippen LogP contribution in [0.1, 0.15) is 5.69 Å². The molecule has 1 aliphatic rings. The summed E-state index contributed by atoms with van der Waals surface area (Å²) in [4.78, 5) is 20.0. The Morgan fingerprint density at radius 3 is 2.32 bits per heavy atom. The van der Waals surface area contributed by atoms with Crippen LogP contribution in [0.3, 0.4) is 0 Å². The average Bonchev–Trinajstić information content (AvgIpc) is 2.73. The summed E-state index contributed by atoms with van der Waals surface area (Å²) in [6, 6.07) is 15.0. The van der Waals surface area contributed by atoms with E-state index in [9.17, 15) is 10.1 Å². The fourth-order valence-electron chi connectivity index (χ4n) is 3.70. The van der Waals surface area contributed by atoms with Gasteiger partial charge in [0.15, 0.2) is 0 Å². The van der Waals surface area contributed by atoms with E-state index in [1.807, 2.05) is 25.1 Å². The number of aromatic nitrogens is 1. The number of hydrogen-bond acceptors (Lipinski definition) is 6. The maximum Gasteiger partial charge on any atom is 0.270 e. The molecule has 1 aromatic heterocycles. The van der Waals surface area contributed by atoms with Crippen LogP contribution in [0.25, 0.3) is 10.9 Å². The Hall–Kier alpha value is -3.35. The van der Waals surface area contributed by atoms with Gasteiger partial charge in [-0.3, -0.25) is 15.1 Å². The van der Waals surface area contributed by atoms with Gasteiger partial charge in [-0.2, -0.15) is 0 Å². The monoisotopic (exact) mass is 378 g/mol. The normalized spacial score (nSPS) is 14.4. The number of nitro benzene ring substituents is 1. The number of pyridine rings is 1. The first-order valence-electron chi connectivity index (χ1n) is 9.25. The number of methoxy groups -OCH3 is 1. The number of piperazine rings is 1. The second kappa shape index (κ2) is 7.34. The largest absolute Gasteiger partial charge is 0.497 e. The standard InChI is InChI=1S/C21H22N4O3/c1-15-13-21(19-14-17(25(26)27)5-8-20(19)22-15)24-11-9-23(10-12-24)16-3-6-18(28-2)7-4-16/h3-8,13-14H,9-12H2,1-2H3. The molecule has 0 saturated carbocycles. The molecule has 0 spiro atoms. The van der Waals surface area contributed by atoms with Crippen molar-refractivity contribution in [2.45, 2.75) is 6.92 Å². The summed E-state index contributed by atoms with van der Waals surface area (Å²) in [6.07, 6.45) is 0. The Labute approximate surface area is 163 Å². The number of anilines is 2. The molecule has 0 bridgehead atoms. The lowest BCUT2D eigenvalue weighted by atomic mass is 10.1. The summed E-state index contributed by atoms with van der Waals surface area (Å²) in [6.45, 7) is 5.40. The molecule has 0 amide bonds. The number of non-ortho nitro benzene ring substituents is 1. The van der Waals surface area contributed by atoms with Crippen molar-refractivity contribution < 1.29 is 9.66 Å². The molecule has 144 valence electrons. The molecule has 0 N–H and O–H groups in total. The highest BCUT2D eigenvalue weighted by Crippen LogP contribution is 2.31. The molecule has 0 atom stereocenters. The summed E-state index contributed by atoms with van der Waals surface area (Å²) in [7, 11) is 1.67. The molecule has 0 radical (unpaired) electrons. The molecule has 2 heterocycles. The molecule has 1 fully saturated rings. The van der Waals surface area contributed by atoms with E-state index >= 15 is 0 Å². The van der Waals surface area contributed by atoms with Crippen molar-refractivity contribution in [2.24, 2.45) is 0 Å². The quantitative estimate of drug-likeness (QED) is 0.508. The molecule has 2 aromatic carbocycles. The van der Waals surface area contributed by atoms with Gasteiger partial charge in [-0.1, -0.05) is 0 Å². The summed E-state index contributed by atoms with van der Waals surface area (Å²) in [5.74, 6) is 0.850. The van der Waals surface area contributed by atoms with E-state index in [1.165, 1.54) is 11.8 Å². The summed E-state index contributed by atoms with van der Waals surface area (Å²) >= 11 is 0. The smallest absolute Gasteiger partial charge is 0.270 e. The minimum Gasteiger partial charge on any atom is -0.497 e. The number of nitro groups is 1. The predicted octanol–water partition coefficient (Wildman–Crippen LogP) is 3.79. The first-order valence-corrected chi connectivity index (χ1v) is 9.25. The van der Waals surface area contributed by atoms with Crippen LogP contribution in [-0.4, -0.2) is 43.2 Å². The lowest BCUT2D eigenvalue weighted by Crippen LogP contribution is -2.46. The van der Waals surface area contributed by atoms with Crippen LogP contribution in [0.4, 0.5) is 17.1 Å². The van der Waals surface area contributed by atoms with Crippen LogP contribution < -0.4 is 14.5 Å². The zero-order chi connectivity index (χ0) is 19.7. The van der Waals surface area contributed by atoms with E-state index in [2.05, 4.69) is 26.9 Å². The van der Waals surface area contributed by atoms with Crippen LogP contribution in [-0.2, 0) is 0 Å². The van der Waals surface area contributed by atoms with Gasteiger partial charge in [0.2, 0.25) is 0 Å². The van der Waals surface area contributed by atoms with Gasteiger partial charge in [0.05, 0.1) is 17.5 Å². The van der Waals surface area contributed by atoms with Gasteiger partial charge < -0.3 is 14.5 Å².